The number of hydrogen-bond donors (Lipinski definition) is 0. The molecule has 61 heavy (non-hydrogen) atoms. The summed E-state index contributed by atoms with van der Waals surface area (Å²) in [6.45, 7) is 0. The molecule has 0 spiro atoms. The van der Waals surface area contributed by atoms with Crippen molar-refractivity contribution in [3.8, 4) is 90.6 Å². The average Bonchev–Trinajstić information content (AvgIpc) is 3.74. The van der Waals surface area contributed by atoms with Crippen LogP contribution in [0.4, 0.5) is 0 Å². The van der Waals surface area contributed by atoms with Crippen molar-refractivity contribution < 1.29 is 4.42 Å². The molecule has 8 nitrogen and oxygen atoms in total. The van der Waals surface area contributed by atoms with E-state index in [0.717, 1.165) is 83.4 Å². The van der Waals surface area contributed by atoms with Crippen LogP contribution >= 0.6 is 0 Å². The molecule has 0 N–H and O–H groups in total. The molecule has 11 aromatic rings. The quantitative estimate of drug-likeness (QED) is 0.150. The van der Waals surface area contributed by atoms with Crippen LogP contribution in [0.5, 0.6) is 0 Å². The van der Waals surface area contributed by atoms with Gasteiger partial charge in [-0.05, 0) is 17.7 Å². The fraction of sp³-hybridized carbons (Fsp3) is 0. The molecule has 7 aromatic carbocycles. The molecule has 0 saturated heterocycles. The molecule has 0 aliphatic rings. The Morgan fingerprint density at radius 2 is 0.689 bits per heavy atom. The van der Waals surface area contributed by atoms with Gasteiger partial charge in [0.15, 0.2) is 29.1 Å². The zero-order valence-corrected chi connectivity index (χ0v) is 32.6. The number of nitrogens with zero attached hydrogens (tertiary/aromatic N) is 7. The van der Waals surface area contributed by atoms with E-state index in [1.807, 2.05) is 164 Å². The molecule has 0 aliphatic heterocycles. The second-order valence-electron chi connectivity index (χ2n) is 14.6. The smallest absolute Gasteiger partial charge is 0.198 e. The summed E-state index contributed by atoms with van der Waals surface area (Å²) in [5, 5.41) is 2.01. The molecular formula is C53H33N7O. The monoisotopic (exact) mass is 783 g/mol. The maximum Gasteiger partial charge on any atom is 0.198 e. The van der Waals surface area contributed by atoms with E-state index in [9.17, 15) is 0 Å². The lowest BCUT2D eigenvalue weighted by Gasteiger charge is -2.10. The molecule has 0 aliphatic carbocycles. The van der Waals surface area contributed by atoms with Crippen LogP contribution in [0.15, 0.2) is 205 Å². The lowest BCUT2D eigenvalue weighted by Crippen LogP contribution is -2.00. The van der Waals surface area contributed by atoms with Gasteiger partial charge in [-0.25, -0.2) is 34.9 Å². The third kappa shape index (κ3) is 6.88. The topological polar surface area (TPSA) is 103 Å². The summed E-state index contributed by atoms with van der Waals surface area (Å²) < 4.78 is 6.85. The van der Waals surface area contributed by atoms with Crippen molar-refractivity contribution in [3.63, 3.8) is 0 Å². The lowest BCUT2D eigenvalue weighted by molar-refractivity contribution is 0.671. The molecule has 0 unspecified atom stereocenters. The van der Waals surface area contributed by atoms with E-state index < -0.39 is 0 Å². The van der Waals surface area contributed by atoms with Gasteiger partial charge in [0.05, 0.1) is 11.4 Å². The van der Waals surface area contributed by atoms with E-state index in [2.05, 4.69) is 36.4 Å². The van der Waals surface area contributed by atoms with Gasteiger partial charge in [-0.3, -0.25) is 0 Å². The van der Waals surface area contributed by atoms with E-state index in [1.165, 1.54) is 0 Å². The SMILES string of the molecule is c1ccc(-c2cc(-c3ccccc3)nc(-c3ncc(-c4cccc5c4oc4c(-c6cccc(-c7nc(-c8ccccc8)nc(-c8ccccc8)n7)c6)cccc45)cn3)n2)cc1. The molecule has 0 atom stereocenters. The molecule has 4 heterocycles. The predicted octanol–water partition coefficient (Wildman–Crippen LogP) is 12.7. The second kappa shape index (κ2) is 15.4. The number of benzene rings is 7. The Kier molecular flexibility index (Phi) is 8.98. The molecule has 0 amide bonds. The molecule has 0 radical (unpaired) electrons. The number of aromatic nitrogens is 7. The molecule has 0 saturated carbocycles. The van der Waals surface area contributed by atoms with Gasteiger partial charge in [0.1, 0.15) is 11.2 Å². The molecule has 8 heteroatoms. The highest BCUT2D eigenvalue weighted by molar-refractivity contribution is 6.13. The maximum atomic E-state index is 6.85. The van der Waals surface area contributed by atoms with Gasteiger partial charge in [-0.1, -0.05) is 176 Å². The van der Waals surface area contributed by atoms with Gasteiger partial charge in [0.2, 0.25) is 0 Å². The fourth-order valence-electron chi connectivity index (χ4n) is 7.68. The Labute approximate surface area is 351 Å². The van der Waals surface area contributed by atoms with Crippen molar-refractivity contribution in [3.05, 3.63) is 200 Å². The normalized spacial score (nSPS) is 11.3. The van der Waals surface area contributed by atoms with Crippen LogP contribution < -0.4 is 0 Å². The minimum Gasteiger partial charge on any atom is -0.455 e. The van der Waals surface area contributed by atoms with Crippen molar-refractivity contribution in [2.24, 2.45) is 0 Å². The third-order valence-electron chi connectivity index (χ3n) is 10.7. The number of hydrogen-bond acceptors (Lipinski definition) is 8. The molecule has 286 valence electrons. The first-order chi connectivity index (χ1) is 30.2. The first-order valence-corrected chi connectivity index (χ1v) is 20.0. The van der Waals surface area contributed by atoms with Crippen LogP contribution in [0.3, 0.4) is 0 Å². The van der Waals surface area contributed by atoms with Crippen LogP contribution in [-0.2, 0) is 0 Å². The van der Waals surface area contributed by atoms with Crippen molar-refractivity contribution in [2.45, 2.75) is 0 Å². The van der Waals surface area contributed by atoms with Crippen LogP contribution in [0.2, 0.25) is 0 Å². The summed E-state index contributed by atoms with van der Waals surface area (Å²) in [4.78, 5) is 34.3. The predicted molar refractivity (Wildman–Crippen MR) is 242 cm³/mol. The minimum absolute atomic E-state index is 0.433. The zero-order valence-electron chi connectivity index (χ0n) is 32.6. The summed E-state index contributed by atoms with van der Waals surface area (Å²) in [6, 6.07) is 62.9. The number of para-hydroxylation sites is 2. The molecule has 0 fully saturated rings. The van der Waals surface area contributed by atoms with Gasteiger partial charge in [0.25, 0.3) is 0 Å². The molecule has 0 bridgehead atoms. The van der Waals surface area contributed by atoms with Crippen molar-refractivity contribution in [1.82, 2.24) is 34.9 Å². The van der Waals surface area contributed by atoms with Crippen LogP contribution in [0, 0.1) is 0 Å². The van der Waals surface area contributed by atoms with Crippen molar-refractivity contribution in [2.75, 3.05) is 0 Å². The summed E-state index contributed by atoms with van der Waals surface area (Å²) in [7, 11) is 0. The van der Waals surface area contributed by atoms with E-state index in [-0.39, 0.29) is 0 Å². The lowest BCUT2D eigenvalue weighted by atomic mass is 9.99. The van der Waals surface area contributed by atoms with E-state index >= 15 is 0 Å². The van der Waals surface area contributed by atoms with Crippen LogP contribution in [0.1, 0.15) is 0 Å². The first kappa shape index (κ1) is 35.7. The number of furan rings is 1. The standard InChI is InChI=1S/C53H33N7O/c1-5-16-34(17-6-1)45-31-46(35-18-7-2-8-19-35)57-53(56-45)52-54-32-40(33-55-52)42-27-15-29-44-43-28-14-26-41(47(43)61-48(42)44)38-24-13-25-39(30-38)51-59-49(36-20-9-3-10-21-36)58-50(60-51)37-22-11-4-12-23-37/h1-33H. The van der Waals surface area contributed by atoms with E-state index in [0.29, 0.717) is 29.1 Å². The van der Waals surface area contributed by atoms with Gasteiger partial charge in [-0.2, -0.15) is 0 Å². The minimum atomic E-state index is 0.433. The molecule has 11 rings (SSSR count). The largest absolute Gasteiger partial charge is 0.455 e. The van der Waals surface area contributed by atoms with Crippen molar-refractivity contribution in [1.29, 1.82) is 0 Å². The zero-order chi connectivity index (χ0) is 40.5. The van der Waals surface area contributed by atoms with E-state index in [1.54, 1.807) is 0 Å². The van der Waals surface area contributed by atoms with Crippen molar-refractivity contribution >= 4 is 21.9 Å². The van der Waals surface area contributed by atoms with Gasteiger partial charge in [-0.15, -0.1) is 0 Å². The van der Waals surface area contributed by atoms with Crippen LogP contribution in [-0.4, -0.2) is 34.9 Å². The summed E-state index contributed by atoms with van der Waals surface area (Å²) >= 11 is 0. The highest BCUT2D eigenvalue weighted by atomic mass is 16.3. The van der Waals surface area contributed by atoms with E-state index in [4.69, 9.17) is 39.3 Å². The van der Waals surface area contributed by atoms with Gasteiger partial charge < -0.3 is 4.42 Å². The summed E-state index contributed by atoms with van der Waals surface area (Å²) in [5.41, 5.74) is 11.5. The first-order valence-electron chi connectivity index (χ1n) is 20.0. The summed E-state index contributed by atoms with van der Waals surface area (Å²) in [5.74, 6) is 2.70. The Hall–Kier alpha value is -8.49. The van der Waals surface area contributed by atoms with Gasteiger partial charge in [0, 0.05) is 67.7 Å². The fourth-order valence-corrected chi connectivity index (χ4v) is 7.68. The summed E-state index contributed by atoms with van der Waals surface area (Å²) in [6.07, 6.45) is 3.63. The Balaban J connectivity index is 0.972. The van der Waals surface area contributed by atoms with Gasteiger partial charge >= 0.3 is 0 Å². The maximum absolute atomic E-state index is 6.85. The van der Waals surface area contributed by atoms with Crippen LogP contribution in [0.25, 0.3) is 113 Å². The Bertz CT molecular complexity index is 3220. The second-order valence-corrected chi connectivity index (χ2v) is 14.6. The molecule has 4 aromatic heterocycles. The third-order valence-corrected chi connectivity index (χ3v) is 10.7. The Morgan fingerprint density at radius 1 is 0.279 bits per heavy atom. The Morgan fingerprint density at radius 3 is 1.20 bits per heavy atom. The number of rotatable bonds is 8. The average molecular weight is 784 g/mol. The highest BCUT2D eigenvalue weighted by Crippen LogP contribution is 2.40. The highest BCUT2D eigenvalue weighted by Gasteiger charge is 2.19. The molecular weight excluding hydrogens is 751 g/mol. The number of fused-ring (bicyclic) bond motifs is 3.